The minimum absolute atomic E-state index is 0.649. The molecule has 0 spiro atoms. The molecular formula is C30H51N2+. The molecule has 0 aliphatic heterocycles. The van der Waals surface area contributed by atoms with Gasteiger partial charge in [-0.25, -0.2) is 9.55 Å². The summed E-state index contributed by atoms with van der Waals surface area (Å²) in [6.07, 6.45) is 28.4. The second kappa shape index (κ2) is 17.9. The van der Waals surface area contributed by atoms with Gasteiger partial charge in [0.1, 0.15) is 18.9 Å². The third kappa shape index (κ3) is 11.3. The van der Waals surface area contributed by atoms with Gasteiger partial charge >= 0.3 is 0 Å². The highest BCUT2D eigenvalue weighted by Crippen LogP contribution is 2.23. The first-order chi connectivity index (χ1) is 15.8. The van der Waals surface area contributed by atoms with E-state index >= 15 is 0 Å². The number of H-pyrrole nitrogens is 1. The Bertz CT molecular complexity index is 660. The first kappa shape index (κ1) is 26.7. The Hall–Kier alpha value is -1.57. The molecule has 1 aromatic heterocycles. The van der Waals surface area contributed by atoms with Crippen LogP contribution in [0.2, 0.25) is 0 Å². The highest BCUT2D eigenvalue weighted by molar-refractivity contribution is 5.13. The summed E-state index contributed by atoms with van der Waals surface area (Å²) in [7, 11) is 0. The number of hydrogen-bond donors (Lipinski definition) is 1. The van der Waals surface area contributed by atoms with Crippen LogP contribution in [0.5, 0.6) is 0 Å². The lowest BCUT2D eigenvalue weighted by atomic mass is 9.96. The molecule has 0 unspecified atom stereocenters. The van der Waals surface area contributed by atoms with Gasteiger partial charge in [-0.2, -0.15) is 0 Å². The lowest BCUT2D eigenvalue weighted by Gasteiger charge is -2.12. The number of unbranched alkanes of at least 4 members (excludes halogenated alkanes) is 14. The van der Waals surface area contributed by atoms with E-state index in [-0.39, 0.29) is 0 Å². The summed E-state index contributed by atoms with van der Waals surface area (Å²) in [5.74, 6) is 2.05. The lowest BCUT2D eigenvalue weighted by Crippen LogP contribution is -2.38. The van der Waals surface area contributed by atoms with Crippen molar-refractivity contribution in [2.45, 2.75) is 135 Å². The molecule has 0 saturated heterocycles. The molecule has 0 fully saturated rings. The fourth-order valence-corrected chi connectivity index (χ4v) is 4.94. The van der Waals surface area contributed by atoms with E-state index in [9.17, 15) is 0 Å². The first-order valence-electron chi connectivity index (χ1n) is 14.0. The van der Waals surface area contributed by atoms with Gasteiger partial charge < -0.3 is 0 Å². The van der Waals surface area contributed by atoms with Crippen molar-refractivity contribution >= 4 is 0 Å². The van der Waals surface area contributed by atoms with Crippen LogP contribution in [0.4, 0.5) is 0 Å². The number of aromatic amines is 1. The van der Waals surface area contributed by atoms with Crippen LogP contribution in [0.3, 0.4) is 0 Å². The molecule has 1 aromatic carbocycles. The average molecular weight is 440 g/mol. The number of nitrogens with zero attached hydrogens (tertiary/aromatic N) is 1. The summed E-state index contributed by atoms with van der Waals surface area (Å²) in [5.41, 5.74) is 1.38. The van der Waals surface area contributed by atoms with Crippen LogP contribution < -0.4 is 4.57 Å². The second-order valence-corrected chi connectivity index (χ2v) is 9.80. The molecule has 2 aromatic rings. The van der Waals surface area contributed by atoms with Crippen LogP contribution in [0.15, 0.2) is 42.7 Å². The van der Waals surface area contributed by atoms with Gasteiger partial charge in [0.15, 0.2) is 0 Å². The molecule has 0 bridgehead atoms. The van der Waals surface area contributed by atoms with Crippen molar-refractivity contribution in [2.24, 2.45) is 0 Å². The highest BCUT2D eigenvalue weighted by atomic mass is 15.1. The average Bonchev–Trinajstić information content (AvgIpc) is 3.27. The van der Waals surface area contributed by atoms with Crippen molar-refractivity contribution in [2.75, 3.05) is 0 Å². The molecule has 0 aliphatic rings. The van der Waals surface area contributed by atoms with Crippen LogP contribution in [-0.4, -0.2) is 4.98 Å². The number of benzene rings is 1. The fraction of sp³-hybridized carbons (Fsp3) is 0.700. The van der Waals surface area contributed by atoms with Crippen molar-refractivity contribution < 1.29 is 4.57 Å². The minimum Gasteiger partial charge on any atom is -0.247 e. The fourth-order valence-electron chi connectivity index (χ4n) is 4.94. The molecule has 1 atom stereocenters. The normalized spacial score (nSPS) is 12.3. The molecule has 0 radical (unpaired) electrons. The molecule has 2 heteroatoms. The third-order valence-corrected chi connectivity index (χ3v) is 7.03. The number of nitrogens with one attached hydrogen (secondary N) is 1. The first-order valence-corrected chi connectivity index (χ1v) is 14.0. The van der Waals surface area contributed by atoms with Crippen molar-refractivity contribution in [3.05, 3.63) is 54.1 Å². The van der Waals surface area contributed by atoms with Gasteiger partial charge in [-0.1, -0.05) is 140 Å². The van der Waals surface area contributed by atoms with E-state index in [2.05, 4.69) is 66.1 Å². The van der Waals surface area contributed by atoms with E-state index in [1.165, 1.54) is 121 Å². The number of aromatic nitrogens is 2. The van der Waals surface area contributed by atoms with E-state index < -0.39 is 0 Å². The van der Waals surface area contributed by atoms with Crippen LogP contribution >= 0.6 is 0 Å². The molecule has 0 amide bonds. The second-order valence-electron chi connectivity index (χ2n) is 9.80. The van der Waals surface area contributed by atoms with Crippen LogP contribution in [0.1, 0.15) is 140 Å². The Kier molecular flexibility index (Phi) is 14.9. The van der Waals surface area contributed by atoms with E-state index in [4.69, 9.17) is 0 Å². The van der Waals surface area contributed by atoms with Gasteiger partial charge in [0.2, 0.25) is 0 Å². The van der Waals surface area contributed by atoms with Gasteiger partial charge in [0.25, 0.3) is 5.82 Å². The Labute approximate surface area is 199 Å². The van der Waals surface area contributed by atoms with Crippen molar-refractivity contribution in [1.82, 2.24) is 4.98 Å². The summed E-state index contributed by atoms with van der Waals surface area (Å²) >= 11 is 0. The standard InChI is InChI=1S/C30H50N2/c1-3-5-6-7-8-9-10-11-12-13-14-15-16-17-21-24-29(4-2)30-31-25-26-32(30)27-28-22-19-18-20-23-28/h18-20,22-23,25-26,29H,3-17,21,24,27H2,1-2H3/p+1/t29-/m0/s1. The van der Waals surface area contributed by atoms with Gasteiger partial charge in [-0.3, -0.25) is 0 Å². The maximum Gasteiger partial charge on any atom is 0.257 e. The Morgan fingerprint density at radius 3 is 1.75 bits per heavy atom. The summed E-state index contributed by atoms with van der Waals surface area (Å²) in [5, 5.41) is 0. The maximum atomic E-state index is 3.54. The molecule has 1 heterocycles. The maximum absolute atomic E-state index is 3.54. The minimum atomic E-state index is 0.649. The van der Waals surface area contributed by atoms with Crippen molar-refractivity contribution in [3.8, 4) is 0 Å². The molecule has 32 heavy (non-hydrogen) atoms. The Morgan fingerprint density at radius 2 is 1.22 bits per heavy atom. The largest absolute Gasteiger partial charge is 0.257 e. The SMILES string of the molecule is CCCCCCCCCCCCCCCCC[C@H](CC)c1[nH]cc[n+]1Cc1ccccc1. The monoisotopic (exact) mass is 439 g/mol. The molecule has 0 aliphatic carbocycles. The highest BCUT2D eigenvalue weighted by Gasteiger charge is 2.21. The summed E-state index contributed by atoms with van der Waals surface area (Å²) in [4.78, 5) is 3.54. The van der Waals surface area contributed by atoms with E-state index in [0.29, 0.717) is 5.92 Å². The predicted octanol–water partition coefficient (Wildman–Crippen LogP) is 9.11. The third-order valence-electron chi connectivity index (χ3n) is 7.03. The summed E-state index contributed by atoms with van der Waals surface area (Å²) < 4.78 is 2.41. The molecular weight excluding hydrogens is 388 g/mol. The number of hydrogen-bond acceptors (Lipinski definition) is 0. The number of rotatable bonds is 20. The molecule has 1 N–H and O–H groups in total. The Balaban J connectivity index is 1.49. The van der Waals surface area contributed by atoms with Crippen LogP contribution in [0.25, 0.3) is 0 Å². The van der Waals surface area contributed by atoms with Crippen LogP contribution in [0, 0.1) is 0 Å². The molecule has 180 valence electrons. The van der Waals surface area contributed by atoms with Crippen molar-refractivity contribution in [1.29, 1.82) is 0 Å². The Morgan fingerprint density at radius 1 is 0.688 bits per heavy atom. The summed E-state index contributed by atoms with van der Waals surface area (Å²) in [6.45, 7) is 5.60. The zero-order valence-corrected chi connectivity index (χ0v) is 21.3. The van der Waals surface area contributed by atoms with Gasteiger partial charge in [0.05, 0.1) is 5.92 Å². The topological polar surface area (TPSA) is 19.7 Å². The zero-order chi connectivity index (χ0) is 22.7. The van der Waals surface area contributed by atoms with E-state index in [0.717, 1.165) is 6.54 Å². The van der Waals surface area contributed by atoms with Gasteiger partial charge in [-0.05, 0) is 18.4 Å². The van der Waals surface area contributed by atoms with Gasteiger partial charge in [-0.15, -0.1) is 0 Å². The zero-order valence-electron chi connectivity index (χ0n) is 21.3. The van der Waals surface area contributed by atoms with Gasteiger partial charge in [0, 0.05) is 0 Å². The smallest absolute Gasteiger partial charge is 0.247 e. The number of imidazole rings is 1. The van der Waals surface area contributed by atoms with E-state index in [1.54, 1.807) is 0 Å². The molecule has 2 rings (SSSR count). The summed E-state index contributed by atoms with van der Waals surface area (Å²) in [6, 6.07) is 10.8. The quantitative estimate of drug-likeness (QED) is 0.157. The predicted molar refractivity (Wildman–Crippen MR) is 139 cm³/mol. The van der Waals surface area contributed by atoms with Crippen molar-refractivity contribution in [3.63, 3.8) is 0 Å². The van der Waals surface area contributed by atoms with Crippen LogP contribution in [-0.2, 0) is 6.54 Å². The molecule has 0 saturated carbocycles. The molecule has 2 nitrogen and oxygen atoms in total. The lowest BCUT2D eigenvalue weighted by molar-refractivity contribution is -0.695. The van der Waals surface area contributed by atoms with E-state index in [1.807, 2.05) is 0 Å².